The second-order valence-corrected chi connectivity index (χ2v) is 4.69. The van der Waals surface area contributed by atoms with E-state index < -0.39 is 5.92 Å². The number of amides is 1. The van der Waals surface area contributed by atoms with Crippen LogP contribution in [0.3, 0.4) is 0 Å². The van der Waals surface area contributed by atoms with Crippen LogP contribution in [0.25, 0.3) is 0 Å². The highest BCUT2D eigenvalue weighted by Gasteiger charge is 2.40. The lowest BCUT2D eigenvalue weighted by atomic mass is 9.94. The molecule has 0 aromatic heterocycles. The van der Waals surface area contributed by atoms with Crippen molar-refractivity contribution in [3.63, 3.8) is 0 Å². The molecule has 1 aliphatic carbocycles. The molecule has 1 amide bonds. The summed E-state index contributed by atoms with van der Waals surface area (Å²) in [5, 5.41) is 0. The number of likely N-dealkylation sites (tertiary alicyclic amines) is 1. The normalized spacial score (nSPS) is 27.2. The van der Waals surface area contributed by atoms with Gasteiger partial charge in [-0.3, -0.25) is 9.59 Å². The Morgan fingerprint density at radius 3 is 2.56 bits per heavy atom. The van der Waals surface area contributed by atoms with E-state index in [4.69, 9.17) is 0 Å². The van der Waals surface area contributed by atoms with E-state index in [1.807, 2.05) is 4.90 Å². The van der Waals surface area contributed by atoms with Crippen LogP contribution in [0.5, 0.6) is 0 Å². The molecule has 2 aliphatic rings. The van der Waals surface area contributed by atoms with Crippen LogP contribution < -0.4 is 0 Å². The van der Waals surface area contributed by atoms with Gasteiger partial charge >= 0.3 is 5.97 Å². The highest BCUT2D eigenvalue weighted by Crippen LogP contribution is 2.29. The maximum Gasteiger partial charge on any atom is 0.318 e. The van der Waals surface area contributed by atoms with Gasteiger partial charge in [-0.2, -0.15) is 0 Å². The minimum absolute atomic E-state index is 0.0150. The van der Waals surface area contributed by atoms with Crippen molar-refractivity contribution in [3.05, 3.63) is 0 Å². The molecule has 4 heteroatoms. The molecule has 1 heterocycles. The Morgan fingerprint density at radius 2 is 1.94 bits per heavy atom. The van der Waals surface area contributed by atoms with E-state index in [2.05, 4.69) is 4.74 Å². The fraction of sp³-hybridized carbons (Fsp3) is 0.833. The van der Waals surface area contributed by atoms with Crippen molar-refractivity contribution in [1.82, 2.24) is 4.90 Å². The second kappa shape index (κ2) is 4.85. The number of hydrogen-bond acceptors (Lipinski definition) is 3. The van der Waals surface area contributed by atoms with Gasteiger partial charge in [0.15, 0.2) is 0 Å². The predicted octanol–water partition coefficient (Wildman–Crippen LogP) is 1.34. The molecule has 1 saturated heterocycles. The molecule has 0 radical (unpaired) electrons. The summed E-state index contributed by atoms with van der Waals surface area (Å²) >= 11 is 0. The molecule has 2 fully saturated rings. The molecule has 1 atom stereocenters. The van der Waals surface area contributed by atoms with Gasteiger partial charge in [0.1, 0.15) is 5.92 Å². The van der Waals surface area contributed by atoms with Crippen molar-refractivity contribution in [1.29, 1.82) is 0 Å². The molecule has 0 spiro atoms. The van der Waals surface area contributed by atoms with Crippen LogP contribution in [0.4, 0.5) is 0 Å². The van der Waals surface area contributed by atoms with Crippen molar-refractivity contribution in [2.45, 2.75) is 44.6 Å². The maximum atomic E-state index is 12.0. The van der Waals surface area contributed by atoms with Gasteiger partial charge in [0.25, 0.3) is 0 Å². The summed E-state index contributed by atoms with van der Waals surface area (Å²) in [7, 11) is 1.35. The fourth-order valence-electron chi connectivity index (χ4n) is 2.82. The average Bonchev–Trinajstić information content (AvgIpc) is 2.71. The molecule has 1 aliphatic heterocycles. The number of methoxy groups -OCH3 is 1. The molecule has 0 bridgehead atoms. The second-order valence-electron chi connectivity index (χ2n) is 4.69. The predicted molar refractivity (Wildman–Crippen MR) is 58.7 cm³/mol. The van der Waals surface area contributed by atoms with Gasteiger partial charge in [0.05, 0.1) is 7.11 Å². The highest BCUT2D eigenvalue weighted by molar-refractivity contribution is 5.99. The molecule has 0 aromatic rings. The van der Waals surface area contributed by atoms with Crippen LogP contribution in [0, 0.1) is 5.92 Å². The van der Waals surface area contributed by atoms with Crippen molar-refractivity contribution in [2.24, 2.45) is 5.92 Å². The number of hydrogen-bond donors (Lipinski definition) is 0. The Morgan fingerprint density at radius 1 is 1.25 bits per heavy atom. The Labute approximate surface area is 95.9 Å². The van der Waals surface area contributed by atoms with Gasteiger partial charge in [-0.25, -0.2) is 0 Å². The summed E-state index contributed by atoms with van der Waals surface area (Å²) < 4.78 is 4.65. The first-order valence-corrected chi connectivity index (χ1v) is 6.12. The van der Waals surface area contributed by atoms with E-state index in [9.17, 15) is 9.59 Å². The SMILES string of the molecule is COC(=O)C1CCN(C2CCCCC2)C1=O. The van der Waals surface area contributed by atoms with Gasteiger partial charge in [0.2, 0.25) is 5.91 Å². The van der Waals surface area contributed by atoms with E-state index in [1.165, 1.54) is 26.4 Å². The van der Waals surface area contributed by atoms with E-state index >= 15 is 0 Å². The van der Waals surface area contributed by atoms with Crippen molar-refractivity contribution in [3.8, 4) is 0 Å². The summed E-state index contributed by atoms with van der Waals surface area (Å²) in [6, 6.07) is 0.371. The van der Waals surface area contributed by atoms with Crippen LogP contribution in [0.2, 0.25) is 0 Å². The summed E-state index contributed by atoms with van der Waals surface area (Å²) in [6.45, 7) is 0.725. The van der Waals surface area contributed by atoms with E-state index in [0.717, 1.165) is 19.4 Å². The summed E-state index contributed by atoms with van der Waals surface area (Å²) in [6.07, 6.45) is 6.51. The minimum Gasteiger partial charge on any atom is -0.468 e. The minimum atomic E-state index is -0.535. The van der Waals surface area contributed by atoms with Crippen molar-refractivity contribution < 1.29 is 14.3 Å². The van der Waals surface area contributed by atoms with Crippen molar-refractivity contribution in [2.75, 3.05) is 13.7 Å². The van der Waals surface area contributed by atoms with E-state index in [0.29, 0.717) is 12.5 Å². The summed E-state index contributed by atoms with van der Waals surface area (Å²) in [4.78, 5) is 25.3. The molecular formula is C12H19NO3. The van der Waals surface area contributed by atoms with Gasteiger partial charge in [-0.05, 0) is 19.3 Å². The van der Waals surface area contributed by atoms with E-state index in [-0.39, 0.29) is 11.9 Å². The quantitative estimate of drug-likeness (QED) is 0.526. The molecule has 0 aromatic carbocycles. The third-order valence-corrected chi connectivity index (χ3v) is 3.74. The lowest BCUT2D eigenvalue weighted by Crippen LogP contribution is -2.40. The van der Waals surface area contributed by atoms with Crippen LogP contribution in [-0.2, 0) is 14.3 Å². The molecular weight excluding hydrogens is 206 g/mol. The lowest BCUT2D eigenvalue weighted by Gasteiger charge is -2.31. The first-order valence-electron chi connectivity index (χ1n) is 6.12. The smallest absolute Gasteiger partial charge is 0.318 e. The highest BCUT2D eigenvalue weighted by atomic mass is 16.5. The Hall–Kier alpha value is -1.06. The third-order valence-electron chi connectivity index (χ3n) is 3.74. The number of nitrogens with zero attached hydrogens (tertiary/aromatic N) is 1. The molecule has 1 unspecified atom stereocenters. The molecule has 16 heavy (non-hydrogen) atoms. The van der Waals surface area contributed by atoms with Crippen LogP contribution in [0.1, 0.15) is 38.5 Å². The van der Waals surface area contributed by atoms with Gasteiger partial charge in [0, 0.05) is 12.6 Å². The molecule has 1 saturated carbocycles. The maximum absolute atomic E-state index is 12.0. The number of carbonyl (C=O) groups excluding carboxylic acids is 2. The van der Waals surface area contributed by atoms with Crippen LogP contribution >= 0.6 is 0 Å². The zero-order chi connectivity index (χ0) is 11.5. The van der Waals surface area contributed by atoms with Gasteiger partial charge in [-0.15, -0.1) is 0 Å². The first-order chi connectivity index (χ1) is 7.74. The zero-order valence-electron chi connectivity index (χ0n) is 9.78. The zero-order valence-corrected chi connectivity index (χ0v) is 9.78. The monoisotopic (exact) mass is 225 g/mol. The first kappa shape index (κ1) is 11.4. The fourth-order valence-corrected chi connectivity index (χ4v) is 2.82. The molecule has 0 N–H and O–H groups in total. The van der Waals surface area contributed by atoms with E-state index in [1.54, 1.807) is 0 Å². The Balaban J connectivity index is 1.98. The number of ether oxygens (including phenoxy) is 1. The van der Waals surface area contributed by atoms with Crippen molar-refractivity contribution >= 4 is 11.9 Å². The standard InChI is InChI=1S/C12H19NO3/c1-16-12(15)10-7-8-13(11(10)14)9-5-3-2-4-6-9/h9-10H,2-8H2,1H3. The summed E-state index contributed by atoms with van der Waals surface area (Å²) in [5.41, 5.74) is 0. The summed E-state index contributed by atoms with van der Waals surface area (Å²) in [5.74, 6) is -0.922. The molecule has 2 rings (SSSR count). The van der Waals surface area contributed by atoms with Gasteiger partial charge < -0.3 is 9.64 Å². The van der Waals surface area contributed by atoms with Crippen LogP contribution in [0.15, 0.2) is 0 Å². The number of esters is 1. The number of carbonyl (C=O) groups is 2. The molecule has 90 valence electrons. The van der Waals surface area contributed by atoms with Crippen LogP contribution in [-0.4, -0.2) is 36.5 Å². The topological polar surface area (TPSA) is 46.6 Å². The lowest BCUT2D eigenvalue weighted by molar-refractivity contribution is -0.151. The largest absolute Gasteiger partial charge is 0.468 e. The average molecular weight is 225 g/mol. The number of rotatable bonds is 2. The Kier molecular flexibility index (Phi) is 3.46. The third kappa shape index (κ3) is 2.06. The van der Waals surface area contributed by atoms with Gasteiger partial charge in [-0.1, -0.05) is 19.3 Å². The Bertz CT molecular complexity index is 284. The molecule has 4 nitrogen and oxygen atoms in total.